The van der Waals surface area contributed by atoms with E-state index in [1.165, 1.54) is 5.56 Å². The molecule has 1 saturated heterocycles. The van der Waals surface area contributed by atoms with Gasteiger partial charge in [0.15, 0.2) is 0 Å². The number of hydrogen-bond acceptors (Lipinski definition) is 3. The van der Waals surface area contributed by atoms with Crippen LogP contribution in [0.5, 0.6) is 0 Å². The van der Waals surface area contributed by atoms with Gasteiger partial charge in [-0.15, -0.1) is 0 Å². The summed E-state index contributed by atoms with van der Waals surface area (Å²) in [6.07, 6.45) is 1.05. The van der Waals surface area contributed by atoms with Crippen molar-refractivity contribution in [3.8, 4) is 6.07 Å². The third-order valence-corrected chi connectivity index (χ3v) is 3.42. The molecule has 1 fully saturated rings. The molecule has 17 heavy (non-hydrogen) atoms. The Kier molecular flexibility index (Phi) is 4.13. The summed E-state index contributed by atoms with van der Waals surface area (Å²) < 4.78 is 0. The van der Waals surface area contributed by atoms with E-state index in [1.54, 1.807) is 0 Å². The molecule has 1 N–H and O–H groups in total. The summed E-state index contributed by atoms with van der Waals surface area (Å²) >= 11 is 0. The van der Waals surface area contributed by atoms with Crippen molar-refractivity contribution >= 4 is 0 Å². The highest BCUT2D eigenvalue weighted by molar-refractivity contribution is 5.39. The fourth-order valence-corrected chi connectivity index (χ4v) is 2.56. The van der Waals surface area contributed by atoms with Crippen LogP contribution in [0.2, 0.25) is 0 Å². The van der Waals surface area contributed by atoms with E-state index in [-0.39, 0.29) is 0 Å². The smallest absolute Gasteiger partial charge is 0.0995 e. The van der Waals surface area contributed by atoms with E-state index in [0.29, 0.717) is 6.04 Å². The highest BCUT2D eigenvalue weighted by Crippen LogP contribution is 2.26. The van der Waals surface area contributed by atoms with Crippen molar-refractivity contribution in [3.63, 3.8) is 0 Å². The van der Waals surface area contributed by atoms with Crippen LogP contribution in [0.3, 0.4) is 0 Å². The summed E-state index contributed by atoms with van der Waals surface area (Å²) in [4.78, 5) is 2.48. The molecule has 2 rings (SSSR count). The molecule has 1 aliphatic heterocycles. The van der Waals surface area contributed by atoms with Gasteiger partial charge in [-0.1, -0.05) is 25.1 Å². The normalized spacial score (nSPS) is 18.6. The molecular formula is C14H19N3. The van der Waals surface area contributed by atoms with Crippen molar-refractivity contribution in [1.29, 1.82) is 5.26 Å². The molecule has 0 spiro atoms. The fraction of sp³-hybridized carbons (Fsp3) is 0.500. The highest BCUT2D eigenvalue weighted by atomic mass is 15.2. The van der Waals surface area contributed by atoms with Crippen LogP contribution in [-0.4, -0.2) is 31.1 Å². The zero-order valence-electron chi connectivity index (χ0n) is 10.3. The second-order valence-corrected chi connectivity index (χ2v) is 4.41. The first-order chi connectivity index (χ1) is 8.36. The zero-order chi connectivity index (χ0) is 12.1. The minimum atomic E-state index is 0.382. The van der Waals surface area contributed by atoms with E-state index in [1.807, 2.05) is 18.2 Å². The predicted octanol–water partition coefficient (Wildman–Crippen LogP) is 1.91. The minimum Gasteiger partial charge on any atom is -0.314 e. The van der Waals surface area contributed by atoms with Crippen LogP contribution < -0.4 is 5.32 Å². The Labute approximate surface area is 103 Å². The van der Waals surface area contributed by atoms with Gasteiger partial charge in [0.05, 0.1) is 11.6 Å². The lowest BCUT2D eigenvalue weighted by molar-refractivity contribution is 0.169. The van der Waals surface area contributed by atoms with Crippen molar-refractivity contribution in [2.75, 3.05) is 26.2 Å². The lowest BCUT2D eigenvalue weighted by atomic mass is 9.97. The monoisotopic (exact) mass is 229 g/mol. The molecule has 0 saturated carbocycles. The van der Waals surface area contributed by atoms with Gasteiger partial charge in [0.25, 0.3) is 0 Å². The summed E-state index contributed by atoms with van der Waals surface area (Å²) in [5.41, 5.74) is 2.00. The molecular weight excluding hydrogens is 210 g/mol. The van der Waals surface area contributed by atoms with Gasteiger partial charge in [-0.3, -0.25) is 4.90 Å². The van der Waals surface area contributed by atoms with Gasteiger partial charge in [0.2, 0.25) is 0 Å². The van der Waals surface area contributed by atoms with E-state index in [4.69, 9.17) is 0 Å². The Balaban J connectivity index is 2.25. The SMILES string of the molecule is CC[C@@H](c1ccccc1C#N)N1CCNCC1. The number of hydrogen-bond donors (Lipinski definition) is 1. The number of nitriles is 1. The topological polar surface area (TPSA) is 39.1 Å². The summed E-state index contributed by atoms with van der Waals surface area (Å²) in [6, 6.07) is 10.7. The summed E-state index contributed by atoms with van der Waals surface area (Å²) in [5.74, 6) is 0. The van der Waals surface area contributed by atoms with Crippen LogP contribution in [0.25, 0.3) is 0 Å². The zero-order valence-corrected chi connectivity index (χ0v) is 10.3. The molecule has 3 nitrogen and oxygen atoms in total. The first-order valence-corrected chi connectivity index (χ1v) is 6.30. The maximum atomic E-state index is 9.18. The van der Waals surface area contributed by atoms with Crippen LogP contribution >= 0.6 is 0 Å². The van der Waals surface area contributed by atoms with E-state index in [0.717, 1.165) is 38.2 Å². The average Bonchev–Trinajstić information content (AvgIpc) is 2.41. The van der Waals surface area contributed by atoms with E-state index in [9.17, 15) is 5.26 Å². The van der Waals surface area contributed by atoms with Crippen LogP contribution in [0.1, 0.15) is 30.5 Å². The Morgan fingerprint density at radius 2 is 2.06 bits per heavy atom. The summed E-state index contributed by atoms with van der Waals surface area (Å²) in [5, 5.41) is 12.5. The van der Waals surface area contributed by atoms with Crippen molar-refractivity contribution in [2.45, 2.75) is 19.4 Å². The van der Waals surface area contributed by atoms with Gasteiger partial charge in [0.1, 0.15) is 0 Å². The number of rotatable bonds is 3. The molecule has 90 valence electrons. The molecule has 1 aliphatic rings. The van der Waals surface area contributed by atoms with Crippen molar-refractivity contribution < 1.29 is 0 Å². The molecule has 0 aromatic heterocycles. The molecule has 0 unspecified atom stereocenters. The third-order valence-electron chi connectivity index (χ3n) is 3.42. The molecule has 1 aromatic rings. The van der Waals surface area contributed by atoms with Gasteiger partial charge >= 0.3 is 0 Å². The van der Waals surface area contributed by atoms with Crippen LogP contribution in [0, 0.1) is 11.3 Å². The molecule has 1 aromatic carbocycles. The second-order valence-electron chi connectivity index (χ2n) is 4.41. The van der Waals surface area contributed by atoms with Gasteiger partial charge in [-0.05, 0) is 18.1 Å². The number of nitrogens with one attached hydrogen (secondary N) is 1. The van der Waals surface area contributed by atoms with Gasteiger partial charge in [-0.2, -0.15) is 5.26 Å². The van der Waals surface area contributed by atoms with E-state index >= 15 is 0 Å². The standard InChI is InChI=1S/C14H19N3/c1-2-14(17-9-7-16-8-10-17)13-6-4-3-5-12(13)11-15/h3-6,14,16H,2,7-10H2,1H3/t14-/m0/s1. The van der Waals surface area contributed by atoms with Crippen molar-refractivity contribution in [3.05, 3.63) is 35.4 Å². The fourth-order valence-electron chi connectivity index (χ4n) is 2.56. The van der Waals surface area contributed by atoms with Crippen molar-refractivity contribution in [1.82, 2.24) is 10.2 Å². The largest absolute Gasteiger partial charge is 0.314 e. The molecule has 0 radical (unpaired) electrons. The predicted molar refractivity (Wildman–Crippen MR) is 68.6 cm³/mol. The Morgan fingerprint density at radius 1 is 1.35 bits per heavy atom. The maximum absolute atomic E-state index is 9.18. The van der Waals surface area contributed by atoms with E-state index < -0.39 is 0 Å². The van der Waals surface area contributed by atoms with Crippen LogP contribution in [0.15, 0.2) is 24.3 Å². The third kappa shape index (κ3) is 2.66. The molecule has 0 bridgehead atoms. The quantitative estimate of drug-likeness (QED) is 0.860. The second kappa shape index (κ2) is 5.81. The minimum absolute atomic E-state index is 0.382. The first-order valence-electron chi connectivity index (χ1n) is 6.30. The van der Waals surface area contributed by atoms with Gasteiger partial charge in [-0.25, -0.2) is 0 Å². The number of nitrogens with zero attached hydrogens (tertiary/aromatic N) is 2. The number of piperazine rings is 1. The Morgan fingerprint density at radius 3 is 2.71 bits per heavy atom. The maximum Gasteiger partial charge on any atom is 0.0995 e. The lowest BCUT2D eigenvalue weighted by Gasteiger charge is -2.35. The molecule has 1 heterocycles. The average molecular weight is 229 g/mol. The molecule has 3 heteroatoms. The van der Waals surface area contributed by atoms with Crippen LogP contribution in [-0.2, 0) is 0 Å². The summed E-state index contributed by atoms with van der Waals surface area (Å²) in [7, 11) is 0. The molecule has 0 aliphatic carbocycles. The number of benzene rings is 1. The van der Waals surface area contributed by atoms with Crippen molar-refractivity contribution in [2.24, 2.45) is 0 Å². The highest BCUT2D eigenvalue weighted by Gasteiger charge is 2.22. The van der Waals surface area contributed by atoms with E-state index in [2.05, 4.69) is 29.3 Å². The summed E-state index contributed by atoms with van der Waals surface area (Å²) in [6.45, 7) is 6.42. The Hall–Kier alpha value is -1.37. The van der Waals surface area contributed by atoms with Gasteiger partial charge in [0, 0.05) is 32.2 Å². The first kappa shape index (κ1) is 12.1. The molecule has 1 atom stereocenters. The van der Waals surface area contributed by atoms with Gasteiger partial charge < -0.3 is 5.32 Å². The Bertz CT molecular complexity index is 402. The lowest BCUT2D eigenvalue weighted by Crippen LogP contribution is -2.45. The molecule has 0 amide bonds. The van der Waals surface area contributed by atoms with Crippen LogP contribution in [0.4, 0.5) is 0 Å².